The van der Waals surface area contributed by atoms with Crippen molar-refractivity contribution in [3.05, 3.63) is 64.2 Å². The zero-order valence-electron chi connectivity index (χ0n) is 12.4. The summed E-state index contributed by atoms with van der Waals surface area (Å²) >= 11 is 6.15. The Balaban J connectivity index is 2.26. The first kappa shape index (κ1) is 15.9. The van der Waals surface area contributed by atoms with Crippen LogP contribution >= 0.6 is 11.6 Å². The van der Waals surface area contributed by atoms with Crippen LogP contribution in [0.1, 0.15) is 36.2 Å². The van der Waals surface area contributed by atoms with Gasteiger partial charge in [-0.2, -0.15) is 0 Å². The van der Waals surface area contributed by atoms with Gasteiger partial charge in [0, 0.05) is 11.2 Å². The molecular formula is C17H20ClFN2. The first-order chi connectivity index (χ1) is 10.1. The van der Waals surface area contributed by atoms with Crippen LogP contribution in [-0.4, -0.2) is 11.5 Å². The Morgan fingerprint density at radius 3 is 2.81 bits per heavy atom. The molecular weight excluding hydrogens is 287 g/mol. The molecule has 1 atom stereocenters. The Kier molecular flexibility index (Phi) is 5.71. The summed E-state index contributed by atoms with van der Waals surface area (Å²) in [5, 5.41) is 3.97. The Labute approximate surface area is 130 Å². The van der Waals surface area contributed by atoms with E-state index in [0.717, 1.165) is 29.8 Å². The number of nitrogens with zero attached hydrogens (tertiary/aromatic N) is 1. The van der Waals surface area contributed by atoms with Crippen molar-refractivity contribution in [2.24, 2.45) is 0 Å². The minimum absolute atomic E-state index is 0.0779. The summed E-state index contributed by atoms with van der Waals surface area (Å²) in [6.45, 7) is 5.08. The lowest BCUT2D eigenvalue weighted by Crippen LogP contribution is -2.25. The second-order valence-electron chi connectivity index (χ2n) is 5.15. The van der Waals surface area contributed by atoms with Gasteiger partial charge in [-0.15, -0.1) is 0 Å². The fourth-order valence-electron chi connectivity index (χ4n) is 2.35. The molecule has 0 bridgehead atoms. The van der Waals surface area contributed by atoms with E-state index in [-0.39, 0.29) is 11.9 Å². The normalized spacial score (nSPS) is 12.4. The molecule has 112 valence electrons. The van der Waals surface area contributed by atoms with Gasteiger partial charge >= 0.3 is 0 Å². The summed E-state index contributed by atoms with van der Waals surface area (Å²) in [5.74, 6) is -0.309. The highest BCUT2D eigenvalue weighted by atomic mass is 35.5. The van der Waals surface area contributed by atoms with E-state index < -0.39 is 0 Å². The van der Waals surface area contributed by atoms with Gasteiger partial charge in [0.25, 0.3) is 0 Å². The number of nitrogens with one attached hydrogen (secondary N) is 1. The van der Waals surface area contributed by atoms with E-state index in [0.29, 0.717) is 11.4 Å². The van der Waals surface area contributed by atoms with E-state index in [4.69, 9.17) is 11.6 Å². The zero-order chi connectivity index (χ0) is 15.2. The maximum Gasteiger partial charge on any atom is 0.124 e. The molecule has 1 aromatic heterocycles. The zero-order valence-corrected chi connectivity index (χ0v) is 13.1. The smallest absolute Gasteiger partial charge is 0.124 e. The molecule has 0 saturated carbocycles. The number of halogens is 2. The summed E-state index contributed by atoms with van der Waals surface area (Å²) in [7, 11) is 0. The number of hydrogen-bond donors (Lipinski definition) is 1. The van der Waals surface area contributed by atoms with Crippen LogP contribution < -0.4 is 5.32 Å². The van der Waals surface area contributed by atoms with Crippen LogP contribution in [0.25, 0.3) is 0 Å². The Morgan fingerprint density at radius 2 is 2.14 bits per heavy atom. The average molecular weight is 307 g/mol. The van der Waals surface area contributed by atoms with Gasteiger partial charge in [0.1, 0.15) is 5.82 Å². The highest BCUT2D eigenvalue weighted by Crippen LogP contribution is 2.25. The molecule has 0 saturated heterocycles. The molecule has 0 amide bonds. The molecule has 2 rings (SSSR count). The third-order valence-electron chi connectivity index (χ3n) is 3.46. The van der Waals surface area contributed by atoms with Crippen LogP contribution in [0.3, 0.4) is 0 Å². The SMILES string of the molecule is CCCNC(Cc1ccc(F)cc1Cl)c1ncccc1C. The van der Waals surface area contributed by atoms with Crippen molar-refractivity contribution in [2.45, 2.75) is 32.7 Å². The van der Waals surface area contributed by atoms with Crippen LogP contribution in [0, 0.1) is 12.7 Å². The third kappa shape index (κ3) is 4.26. The first-order valence-electron chi connectivity index (χ1n) is 7.20. The maximum absolute atomic E-state index is 13.2. The monoisotopic (exact) mass is 306 g/mol. The molecule has 1 unspecified atom stereocenters. The topological polar surface area (TPSA) is 24.9 Å². The van der Waals surface area contributed by atoms with Crippen molar-refractivity contribution in [2.75, 3.05) is 6.54 Å². The van der Waals surface area contributed by atoms with Crippen molar-refractivity contribution in [3.8, 4) is 0 Å². The highest BCUT2D eigenvalue weighted by Gasteiger charge is 2.16. The van der Waals surface area contributed by atoms with Crippen LogP contribution in [0.15, 0.2) is 36.5 Å². The second kappa shape index (κ2) is 7.53. The van der Waals surface area contributed by atoms with E-state index in [1.165, 1.54) is 12.1 Å². The molecule has 0 aliphatic heterocycles. The van der Waals surface area contributed by atoms with Gasteiger partial charge in [-0.05, 0) is 55.6 Å². The van der Waals surface area contributed by atoms with Crippen LogP contribution in [0.4, 0.5) is 4.39 Å². The van der Waals surface area contributed by atoms with Crippen LogP contribution in [-0.2, 0) is 6.42 Å². The Morgan fingerprint density at radius 1 is 1.33 bits per heavy atom. The van der Waals surface area contributed by atoms with E-state index >= 15 is 0 Å². The maximum atomic E-state index is 13.2. The number of rotatable bonds is 6. The molecule has 21 heavy (non-hydrogen) atoms. The van der Waals surface area contributed by atoms with E-state index in [9.17, 15) is 4.39 Å². The quantitative estimate of drug-likeness (QED) is 0.852. The highest BCUT2D eigenvalue weighted by molar-refractivity contribution is 6.31. The number of aryl methyl sites for hydroxylation is 1. The number of benzene rings is 1. The van der Waals surface area contributed by atoms with E-state index in [1.54, 1.807) is 12.3 Å². The van der Waals surface area contributed by atoms with Crippen molar-refractivity contribution >= 4 is 11.6 Å². The fourth-order valence-corrected chi connectivity index (χ4v) is 2.60. The second-order valence-corrected chi connectivity index (χ2v) is 5.56. The molecule has 0 fully saturated rings. The summed E-state index contributed by atoms with van der Waals surface area (Å²) < 4.78 is 13.2. The lowest BCUT2D eigenvalue weighted by molar-refractivity contribution is 0.515. The molecule has 1 N–H and O–H groups in total. The predicted octanol–water partition coefficient (Wildman–Crippen LogP) is 4.47. The molecule has 0 radical (unpaired) electrons. The molecule has 2 nitrogen and oxygen atoms in total. The third-order valence-corrected chi connectivity index (χ3v) is 3.81. The van der Waals surface area contributed by atoms with E-state index in [1.807, 2.05) is 6.07 Å². The van der Waals surface area contributed by atoms with Gasteiger partial charge in [0.05, 0.1) is 11.7 Å². The first-order valence-corrected chi connectivity index (χ1v) is 7.58. The number of pyridine rings is 1. The van der Waals surface area contributed by atoms with Gasteiger partial charge < -0.3 is 5.32 Å². The minimum atomic E-state index is -0.309. The van der Waals surface area contributed by atoms with Crippen LogP contribution in [0.5, 0.6) is 0 Å². The lowest BCUT2D eigenvalue weighted by Gasteiger charge is -2.20. The number of hydrogen-bond acceptors (Lipinski definition) is 2. The molecule has 4 heteroatoms. The molecule has 0 aliphatic carbocycles. The van der Waals surface area contributed by atoms with Crippen molar-refractivity contribution in [1.82, 2.24) is 10.3 Å². The van der Waals surface area contributed by atoms with Gasteiger partial charge in [-0.3, -0.25) is 4.98 Å². The number of aromatic nitrogens is 1. The Hall–Kier alpha value is -1.45. The van der Waals surface area contributed by atoms with Crippen molar-refractivity contribution in [1.29, 1.82) is 0 Å². The van der Waals surface area contributed by atoms with Crippen LogP contribution in [0.2, 0.25) is 5.02 Å². The summed E-state index contributed by atoms with van der Waals surface area (Å²) in [4.78, 5) is 4.50. The Bertz CT molecular complexity index is 601. The average Bonchev–Trinajstić information content (AvgIpc) is 2.46. The molecule has 0 spiro atoms. The molecule has 1 heterocycles. The van der Waals surface area contributed by atoms with Gasteiger partial charge in [-0.1, -0.05) is 30.7 Å². The molecule has 2 aromatic rings. The molecule has 0 aliphatic rings. The summed E-state index contributed by atoms with van der Waals surface area (Å²) in [6, 6.07) is 8.61. The summed E-state index contributed by atoms with van der Waals surface area (Å²) in [5.41, 5.74) is 3.09. The van der Waals surface area contributed by atoms with Crippen molar-refractivity contribution < 1.29 is 4.39 Å². The minimum Gasteiger partial charge on any atom is -0.308 e. The standard InChI is InChI=1S/C17H20ClFN2/c1-3-8-20-16(17-12(2)5-4-9-21-17)10-13-6-7-14(19)11-15(13)18/h4-7,9,11,16,20H,3,8,10H2,1-2H3. The van der Waals surface area contributed by atoms with Crippen molar-refractivity contribution in [3.63, 3.8) is 0 Å². The van der Waals surface area contributed by atoms with Gasteiger partial charge in [0.2, 0.25) is 0 Å². The van der Waals surface area contributed by atoms with Gasteiger partial charge in [0.15, 0.2) is 0 Å². The molecule has 1 aromatic carbocycles. The van der Waals surface area contributed by atoms with E-state index in [2.05, 4.69) is 30.2 Å². The van der Waals surface area contributed by atoms with Gasteiger partial charge in [-0.25, -0.2) is 4.39 Å². The fraction of sp³-hybridized carbons (Fsp3) is 0.353. The predicted molar refractivity (Wildman–Crippen MR) is 85.1 cm³/mol. The largest absolute Gasteiger partial charge is 0.308 e. The lowest BCUT2D eigenvalue weighted by atomic mass is 9.99. The summed E-state index contributed by atoms with van der Waals surface area (Å²) in [6.07, 6.45) is 3.53.